The van der Waals surface area contributed by atoms with E-state index in [-0.39, 0.29) is 12.2 Å². The van der Waals surface area contributed by atoms with Gasteiger partial charge in [-0.1, -0.05) is 0 Å². The highest BCUT2D eigenvalue weighted by Gasteiger charge is 2.34. The van der Waals surface area contributed by atoms with Gasteiger partial charge in [0, 0.05) is 18.3 Å². The SMILES string of the molecule is COC(=O)c1c(OC(F)(F)F)[nH]c(CN)cc1=O. The predicted octanol–water partition coefficient (Wildman–Crippen LogP) is 0.519. The van der Waals surface area contributed by atoms with Gasteiger partial charge in [-0.15, -0.1) is 13.2 Å². The van der Waals surface area contributed by atoms with Gasteiger partial charge in [0.25, 0.3) is 0 Å². The molecule has 18 heavy (non-hydrogen) atoms. The monoisotopic (exact) mass is 266 g/mol. The number of rotatable bonds is 3. The van der Waals surface area contributed by atoms with E-state index in [2.05, 4.69) is 14.5 Å². The number of pyridine rings is 1. The third-order valence-corrected chi connectivity index (χ3v) is 1.88. The number of methoxy groups -OCH3 is 1. The minimum atomic E-state index is -5.06. The fourth-order valence-electron chi connectivity index (χ4n) is 1.18. The first-order chi connectivity index (χ1) is 8.28. The van der Waals surface area contributed by atoms with Gasteiger partial charge in [-0.05, 0) is 0 Å². The normalized spacial score (nSPS) is 11.2. The summed E-state index contributed by atoms with van der Waals surface area (Å²) in [5, 5.41) is 0. The molecule has 6 nitrogen and oxygen atoms in total. The third-order valence-electron chi connectivity index (χ3n) is 1.88. The maximum atomic E-state index is 12.1. The molecule has 1 aromatic rings. The Kier molecular flexibility index (Phi) is 3.96. The van der Waals surface area contributed by atoms with Gasteiger partial charge in [-0.3, -0.25) is 4.79 Å². The first kappa shape index (κ1) is 14.0. The summed E-state index contributed by atoms with van der Waals surface area (Å²) >= 11 is 0. The van der Waals surface area contributed by atoms with Crippen LogP contribution in [0.15, 0.2) is 10.9 Å². The molecule has 0 aliphatic carbocycles. The fourth-order valence-corrected chi connectivity index (χ4v) is 1.18. The lowest BCUT2D eigenvalue weighted by Gasteiger charge is -2.12. The van der Waals surface area contributed by atoms with E-state index in [0.717, 1.165) is 13.2 Å². The summed E-state index contributed by atoms with van der Waals surface area (Å²) < 4.78 is 44.2. The highest BCUT2D eigenvalue weighted by atomic mass is 19.4. The van der Waals surface area contributed by atoms with Crippen molar-refractivity contribution in [2.45, 2.75) is 12.9 Å². The van der Waals surface area contributed by atoms with Crippen LogP contribution in [0, 0.1) is 0 Å². The number of H-pyrrole nitrogens is 1. The quantitative estimate of drug-likeness (QED) is 0.778. The Bertz CT molecular complexity index is 510. The Balaban J connectivity index is 3.39. The largest absolute Gasteiger partial charge is 0.574 e. The summed E-state index contributed by atoms with van der Waals surface area (Å²) in [5.41, 5.74) is 3.34. The minimum absolute atomic E-state index is 0.00750. The number of aromatic amines is 1. The van der Waals surface area contributed by atoms with Crippen molar-refractivity contribution in [2.75, 3.05) is 7.11 Å². The van der Waals surface area contributed by atoms with E-state index < -0.39 is 29.2 Å². The Labute approximate surface area is 98.5 Å². The fraction of sp³-hybridized carbons (Fsp3) is 0.333. The number of ether oxygens (including phenoxy) is 2. The number of halogens is 3. The zero-order chi connectivity index (χ0) is 13.9. The molecule has 0 amide bonds. The average molecular weight is 266 g/mol. The molecule has 1 heterocycles. The van der Waals surface area contributed by atoms with Crippen LogP contribution in [0.1, 0.15) is 16.1 Å². The van der Waals surface area contributed by atoms with Crippen molar-refractivity contribution in [3.05, 3.63) is 27.5 Å². The molecule has 0 saturated heterocycles. The van der Waals surface area contributed by atoms with Crippen molar-refractivity contribution in [3.8, 4) is 5.88 Å². The highest BCUT2D eigenvalue weighted by molar-refractivity contribution is 5.91. The molecule has 0 spiro atoms. The average Bonchev–Trinajstić information content (AvgIpc) is 2.25. The maximum absolute atomic E-state index is 12.1. The number of aromatic nitrogens is 1. The Hall–Kier alpha value is -2.03. The topological polar surface area (TPSA) is 94.4 Å². The van der Waals surface area contributed by atoms with Gasteiger partial charge in [0.2, 0.25) is 5.88 Å². The molecule has 0 bridgehead atoms. The number of hydrogen-bond acceptors (Lipinski definition) is 5. The molecular weight excluding hydrogens is 257 g/mol. The number of hydrogen-bond donors (Lipinski definition) is 2. The lowest BCUT2D eigenvalue weighted by atomic mass is 10.2. The molecule has 1 aromatic heterocycles. The zero-order valence-electron chi connectivity index (χ0n) is 9.13. The number of esters is 1. The lowest BCUT2D eigenvalue weighted by molar-refractivity contribution is -0.276. The smallest absolute Gasteiger partial charge is 0.465 e. The maximum Gasteiger partial charge on any atom is 0.574 e. The number of nitrogens with one attached hydrogen (secondary N) is 1. The molecule has 0 aromatic carbocycles. The van der Waals surface area contributed by atoms with Gasteiger partial charge in [-0.25, -0.2) is 4.79 Å². The van der Waals surface area contributed by atoms with Crippen LogP contribution < -0.4 is 15.9 Å². The van der Waals surface area contributed by atoms with E-state index in [1.54, 1.807) is 0 Å². The Morgan fingerprint density at radius 2 is 2.11 bits per heavy atom. The molecule has 0 unspecified atom stereocenters. The second kappa shape index (κ2) is 5.08. The van der Waals surface area contributed by atoms with E-state index in [9.17, 15) is 22.8 Å². The number of alkyl halides is 3. The Morgan fingerprint density at radius 3 is 2.56 bits per heavy atom. The van der Waals surface area contributed by atoms with Crippen LogP contribution in [-0.4, -0.2) is 24.4 Å². The molecule has 100 valence electrons. The van der Waals surface area contributed by atoms with Crippen molar-refractivity contribution in [2.24, 2.45) is 5.73 Å². The molecule has 0 aliphatic heterocycles. The molecule has 0 radical (unpaired) electrons. The number of carbonyl (C=O) groups excluding carboxylic acids is 1. The van der Waals surface area contributed by atoms with E-state index in [1.807, 2.05) is 0 Å². The number of nitrogens with two attached hydrogens (primary N) is 1. The molecule has 0 atom stereocenters. The second-order valence-electron chi connectivity index (χ2n) is 3.11. The van der Waals surface area contributed by atoms with Crippen molar-refractivity contribution in [1.82, 2.24) is 4.98 Å². The van der Waals surface area contributed by atoms with Crippen LogP contribution >= 0.6 is 0 Å². The predicted molar refractivity (Wildman–Crippen MR) is 53.0 cm³/mol. The summed E-state index contributed by atoms with van der Waals surface area (Å²) in [6, 6.07) is 0.898. The number of carbonyl (C=O) groups is 1. The van der Waals surface area contributed by atoms with Crippen molar-refractivity contribution >= 4 is 5.97 Å². The van der Waals surface area contributed by atoms with Crippen LogP contribution in [0.2, 0.25) is 0 Å². The van der Waals surface area contributed by atoms with Crippen LogP contribution in [0.5, 0.6) is 5.88 Å². The van der Waals surface area contributed by atoms with E-state index in [4.69, 9.17) is 5.73 Å². The minimum Gasteiger partial charge on any atom is -0.465 e. The van der Waals surface area contributed by atoms with Crippen molar-refractivity contribution in [1.29, 1.82) is 0 Å². The standard InChI is InChI=1S/C9H9F3N2O4/c1-17-8(16)6-5(15)2-4(3-13)14-7(6)18-9(10,11)12/h2H,3,13H2,1H3,(H,14,15). The first-order valence-electron chi connectivity index (χ1n) is 4.58. The van der Waals surface area contributed by atoms with Gasteiger partial charge in [0.1, 0.15) is 0 Å². The van der Waals surface area contributed by atoms with E-state index in [1.165, 1.54) is 0 Å². The van der Waals surface area contributed by atoms with E-state index >= 15 is 0 Å². The van der Waals surface area contributed by atoms with Crippen molar-refractivity contribution < 1.29 is 27.4 Å². The molecule has 3 N–H and O–H groups in total. The van der Waals surface area contributed by atoms with Crippen LogP contribution in [0.25, 0.3) is 0 Å². The molecule has 9 heteroatoms. The van der Waals surface area contributed by atoms with Crippen molar-refractivity contribution in [3.63, 3.8) is 0 Å². The van der Waals surface area contributed by atoms with E-state index in [0.29, 0.717) is 0 Å². The third kappa shape index (κ3) is 3.23. The van der Waals surface area contributed by atoms with Crippen LogP contribution in [-0.2, 0) is 11.3 Å². The molecule has 0 aliphatic rings. The molecular formula is C9H9F3N2O4. The summed E-state index contributed by atoms with van der Waals surface area (Å²) in [4.78, 5) is 24.8. The molecule has 1 rings (SSSR count). The molecule has 0 fully saturated rings. The lowest BCUT2D eigenvalue weighted by Crippen LogP contribution is -2.26. The van der Waals surface area contributed by atoms with Gasteiger partial charge in [0.05, 0.1) is 7.11 Å². The zero-order valence-corrected chi connectivity index (χ0v) is 9.13. The van der Waals surface area contributed by atoms with Gasteiger partial charge in [0.15, 0.2) is 11.0 Å². The van der Waals surface area contributed by atoms with Crippen LogP contribution in [0.3, 0.4) is 0 Å². The van der Waals surface area contributed by atoms with Gasteiger partial charge < -0.3 is 20.2 Å². The summed E-state index contributed by atoms with van der Waals surface area (Å²) in [6.07, 6.45) is -5.06. The van der Waals surface area contributed by atoms with Gasteiger partial charge in [-0.2, -0.15) is 0 Å². The highest BCUT2D eigenvalue weighted by Crippen LogP contribution is 2.23. The Morgan fingerprint density at radius 1 is 1.50 bits per heavy atom. The molecule has 0 saturated carbocycles. The first-order valence-corrected chi connectivity index (χ1v) is 4.58. The van der Waals surface area contributed by atoms with Crippen LogP contribution in [0.4, 0.5) is 13.2 Å². The van der Waals surface area contributed by atoms with Gasteiger partial charge >= 0.3 is 12.3 Å². The summed E-state index contributed by atoms with van der Waals surface area (Å²) in [5.74, 6) is -2.28. The second-order valence-corrected chi connectivity index (χ2v) is 3.11. The summed E-state index contributed by atoms with van der Waals surface area (Å²) in [7, 11) is 0.927. The summed E-state index contributed by atoms with van der Waals surface area (Å²) in [6.45, 7) is -0.217.